The first-order chi connectivity index (χ1) is 12.5. The molecule has 9 heteroatoms. The predicted octanol–water partition coefficient (Wildman–Crippen LogP) is 1.57. The molecular weight excluding hydrogens is 358 g/mol. The number of hydrogen-bond donors (Lipinski definition) is 4. The van der Waals surface area contributed by atoms with Gasteiger partial charge >= 0.3 is 5.97 Å². The van der Waals surface area contributed by atoms with Gasteiger partial charge in [-0.3, -0.25) is 4.99 Å². The molecule has 0 aliphatic heterocycles. The van der Waals surface area contributed by atoms with Crippen molar-refractivity contribution in [2.75, 3.05) is 39.7 Å². The Morgan fingerprint density at radius 1 is 1.23 bits per heavy atom. The van der Waals surface area contributed by atoms with Crippen LogP contribution >= 0.6 is 12.6 Å². The lowest BCUT2D eigenvalue weighted by molar-refractivity contribution is 0.0497. The molecular formula is C17H27N3O5S. The van der Waals surface area contributed by atoms with Gasteiger partial charge in [0.25, 0.3) is 0 Å². The van der Waals surface area contributed by atoms with Crippen molar-refractivity contribution in [3.05, 3.63) is 17.7 Å². The first-order valence-corrected chi connectivity index (χ1v) is 8.93. The molecule has 26 heavy (non-hydrogen) atoms. The second kappa shape index (κ2) is 12.1. The number of guanidine groups is 1. The molecule has 0 aromatic heterocycles. The van der Waals surface area contributed by atoms with E-state index in [1.807, 2.05) is 0 Å². The van der Waals surface area contributed by atoms with Gasteiger partial charge in [-0.25, -0.2) is 4.79 Å². The fourth-order valence-corrected chi connectivity index (χ4v) is 2.20. The number of aromatic hydroxyl groups is 1. The van der Waals surface area contributed by atoms with E-state index in [9.17, 15) is 9.90 Å². The monoisotopic (exact) mass is 385 g/mol. The molecule has 0 spiro atoms. The normalized spacial score (nSPS) is 11.1. The summed E-state index contributed by atoms with van der Waals surface area (Å²) >= 11 is 4.07. The Morgan fingerprint density at radius 3 is 2.46 bits per heavy atom. The number of benzene rings is 1. The minimum atomic E-state index is -0.500. The van der Waals surface area contributed by atoms with Gasteiger partial charge in [0.2, 0.25) is 5.75 Å². The summed E-state index contributed by atoms with van der Waals surface area (Å²) in [7, 11) is 2.79. The summed E-state index contributed by atoms with van der Waals surface area (Å²) in [5, 5.41) is 12.8. The van der Waals surface area contributed by atoms with Crippen molar-refractivity contribution in [2.45, 2.75) is 19.3 Å². The van der Waals surface area contributed by atoms with Gasteiger partial charge in [0, 0.05) is 18.8 Å². The smallest absolute Gasteiger partial charge is 0.338 e. The number of nitrogens with zero attached hydrogens (tertiary/aromatic N) is 1. The van der Waals surface area contributed by atoms with Crippen LogP contribution in [0.1, 0.15) is 29.6 Å². The lowest BCUT2D eigenvalue weighted by atomic mass is 10.2. The third kappa shape index (κ3) is 7.30. The number of nitrogens with two attached hydrogens (primary N) is 1. The zero-order chi connectivity index (χ0) is 19.4. The molecule has 0 radical (unpaired) electrons. The lowest BCUT2D eigenvalue weighted by Gasteiger charge is -2.11. The molecule has 0 unspecified atom stereocenters. The standard InChI is InChI=1S/C17H27N3O5S/c1-23-13-10-12(11-14(24-2)15(13)21)16(22)25-8-5-3-4-6-19-17(18)20-7-9-26/h10-11,21,26H,3-9H2,1-2H3,(H3,18,19,20). The van der Waals surface area contributed by atoms with E-state index in [1.54, 1.807) is 0 Å². The Morgan fingerprint density at radius 2 is 1.88 bits per heavy atom. The number of nitrogens with one attached hydrogen (secondary N) is 1. The highest BCUT2D eigenvalue weighted by atomic mass is 32.1. The number of phenols is 1. The van der Waals surface area contributed by atoms with Gasteiger partial charge in [0.05, 0.1) is 26.4 Å². The van der Waals surface area contributed by atoms with Crippen molar-refractivity contribution in [1.29, 1.82) is 0 Å². The summed E-state index contributed by atoms with van der Waals surface area (Å²) < 4.78 is 15.3. The maximum Gasteiger partial charge on any atom is 0.338 e. The van der Waals surface area contributed by atoms with E-state index in [1.165, 1.54) is 26.4 Å². The van der Waals surface area contributed by atoms with Crippen molar-refractivity contribution in [3.63, 3.8) is 0 Å². The molecule has 0 atom stereocenters. The average molecular weight is 385 g/mol. The van der Waals surface area contributed by atoms with Gasteiger partial charge in [-0.1, -0.05) is 0 Å². The highest BCUT2D eigenvalue weighted by molar-refractivity contribution is 7.80. The number of phenolic OH excluding ortho intramolecular Hbond substituents is 1. The molecule has 0 heterocycles. The molecule has 0 saturated heterocycles. The third-order valence-corrected chi connectivity index (χ3v) is 3.67. The van der Waals surface area contributed by atoms with Crippen molar-refractivity contribution in [3.8, 4) is 17.2 Å². The number of unbranched alkanes of at least 4 members (excludes halogenated alkanes) is 2. The Hall–Kier alpha value is -2.29. The number of carbonyl (C=O) groups is 1. The summed E-state index contributed by atoms with van der Waals surface area (Å²) in [5.74, 6) is 0.757. The quantitative estimate of drug-likeness (QED) is 0.150. The highest BCUT2D eigenvalue weighted by Crippen LogP contribution is 2.37. The van der Waals surface area contributed by atoms with Crippen LogP contribution in [-0.4, -0.2) is 56.7 Å². The Balaban J connectivity index is 2.35. The molecule has 0 aliphatic carbocycles. The Labute approximate surface area is 159 Å². The molecule has 0 amide bonds. The molecule has 0 aliphatic rings. The van der Waals surface area contributed by atoms with Crippen LogP contribution < -0.4 is 20.5 Å². The average Bonchev–Trinajstić information content (AvgIpc) is 2.65. The molecule has 0 saturated carbocycles. The van der Waals surface area contributed by atoms with Crippen LogP contribution in [0.15, 0.2) is 17.1 Å². The van der Waals surface area contributed by atoms with Gasteiger partial charge in [0.15, 0.2) is 17.5 Å². The van der Waals surface area contributed by atoms with Crippen molar-refractivity contribution < 1.29 is 24.1 Å². The van der Waals surface area contributed by atoms with Crippen LogP contribution in [0.5, 0.6) is 17.2 Å². The number of methoxy groups -OCH3 is 2. The van der Waals surface area contributed by atoms with Gasteiger partial charge in [-0.05, 0) is 31.4 Å². The third-order valence-electron chi connectivity index (χ3n) is 3.45. The van der Waals surface area contributed by atoms with Crippen molar-refractivity contribution in [1.82, 2.24) is 5.32 Å². The van der Waals surface area contributed by atoms with E-state index >= 15 is 0 Å². The van der Waals surface area contributed by atoms with Crippen LogP contribution in [-0.2, 0) is 4.74 Å². The fourth-order valence-electron chi connectivity index (χ4n) is 2.09. The minimum absolute atomic E-state index is 0.151. The summed E-state index contributed by atoms with van der Waals surface area (Å²) in [5.41, 5.74) is 5.91. The molecule has 0 fully saturated rings. The fraction of sp³-hybridized carbons (Fsp3) is 0.529. The second-order valence-corrected chi connectivity index (χ2v) is 5.79. The number of rotatable bonds is 11. The van der Waals surface area contributed by atoms with E-state index < -0.39 is 5.97 Å². The number of ether oxygens (including phenoxy) is 3. The van der Waals surface area contributed by atoms with E-state index in [0.717, 1.165) is 19.3 Å². The zero-order valence-electron chi connectivity index (χ0n) is 15.2. The summed E-state index contributed by atoms with van der Waals surface area (Å²) in [6.45, 7) is 1.59. The molecule has 1 aromatic carbocycles. The van der Waals surface area contributed by atoms with Gasteiger partial charge in [0.1, 0.15) is 0 Å². The van der Waals surface area contributed by atoms with Gasteiger partial charge < -0.3 is 30.4 Å². The number of carbonyl (C=O) groups excluding carboxylic acids is 1. The van der Waals surface area contributed by atoms with E-state index in [0.29, 0.717) is 31.4 Å². The van der Waals surface area contributed by atoms with Gasteiger partial charge in [-0.2, -0.15) is 12.6 Å². The maximum atomic E-state index is 12.1. The molecule has 4 N–H and O–H groups in total. The van der Waals surface area contributed by atoms with Crippen LogP contribution in [0.3, 0.4) is 0 Å². The zero-order valence-corrected chi connectivity index (χ0v) is 16.1. The first kappa shape index (κ1) is 21.8. The molecule has 1 aromatic rings. The predicted molar refractivity (Wildman–Crippen MR) is 104 cm³/mol. The second-order valence-electron chi connectivity index (χ2n) is 5.34. The first-order valence-electron chi connectivity index (χ1n) is 8.30. The van der Waals surface area contributed by atoms with E-state index in [-0.39, 0.29) is 22.8 Å². The highest BCUT2D eigenvalue weighted by Gasteiger charge is 2.16. The minimum Gasteiger partial charge on any atom is -0.502 e. The largest absolute Gasteiger partial charge is 0.502 e. The topological polar surface area (TPSA) is 115 Å². The Kier molecular flexibility index (Phi) is 10.1. The summed E-state index contributed by atoms with van der Waals surface area (Å²) in [4.78, 5) is 16.3. The molecule has 0 bridgehead atoms. The summed E-state index contributed by atoms with van der Waals surface area (Å²) in [6, 6.07) is 2.82. The molecule has 1 rings (SSSR count). The van der Waals surface area contributed by atoms with Crippen molar-refractivity contribution in [2.24, 2.45) is 10.7 Å². The lowest BCUT2D eigenvalue weighted by Crippen LogP contribution is -2.33. The van der Waals surface area contributed by atoms with Crippen LogP contribution in [0.25, 0.3) is 0 Å². The molecule has 146 valence electrons. The van der Waals surface area contributed by atoms with Crippen molar-refractivity contribution >= 4 is 24.6 Å². The van der Waals surface area contributed by atoms with Crippen LogP contribution in [0.4, 0.5) is 0 Å². The molecule has 8 nitrogen and oxygen atoms in total. The van der Waals surface area contributed by atoms with Gasteiger partial charge in [-0.15, -0.1) is 0 Å². The number of aliphatic imine (C=N–C) groups is 1. The number of esters is 1. The summed E-state index contributed by atoms with van der Waals surface area (Å²) in [6.07, 6.45) is 2.43. The number of thiol groups is 1. The van der Waals surface area contributed by atoms with E-state index in [4.69, 9.17) is 19.9 Å². The Bertz CT molecular complexity index is 585. The van der Waals surface area contributed by atoms with E-state index in [2.05, 4.69) is 22.9 Å². The van der Waals surface area contributed by atoms with Crippen LogP contribution in [0, 0.1) is 0 Å². The SMILES string of the molecule is COc1cc(C(=O)OCCCCCN=C(N)NCCS)cc(OC)c1O. The van der Waals surface area contributed by atoms with Crippen LogP contribution in [0.2, 0.25) is 0 Å². The maximum absolute atomic E-state index is 12.1. The number of hydrogen-bond acceptors (Lipinski definition) is 7.